The number of carbonyl (C=O) groups is 1. The average Bonchev–Trinajstić information content (AvgIpc) is 3.13. The van der Waals surface area contributed by atoms with Gasteiger partial charge in [0.2, 0.25) is 5.95 Å². The molecule has 8 nitrogen and oxygen atoms in total. The first-order valence-corrected chi connectivity index (χ1v) is 11.7. The first-order chi connectivity index (χ1) is 16.5. The Labute approximate surface area is 204 Å². The van der Waals surface area contributed by atoms with E-state index in [9.17, 15) is 23.5 Å². The number of aryl methyl sites for hydroxylation is 1. The van der Waals surface area contributed by atoms with Gasteiger partial charge in [0.15, 0.2) is 5.69 Å². The number of rotatable bonds is 6. The number of hydrogen-bond donors (Lipinski definition) is 2. The summed E-state index contributed by atoms with van der Waals surface area (Å²) in [5.41, 5.74) is 1.78. The van der Waals surface area contributed by atoms with Crippen LogP contribution in [0, 0.1) is 18.8 Å². The molecule has 11 heteroatoms. The van der Waals surface area contributed by atoms with Crippen LogP contribution < -0.4 is 15.8 Å². The zero-order chi connectivity index (χ0) is 25.2. The van der Waals surface area contributed by atoms with E-state index in [4.69, 9.17) is 16.6 Å². The molecule has 2 N–H and O–H groups in total. The number of nitrogens with one attached hydrogen (secondary N) is 1. The molecule has 3 aromatic rings. The van der Waals surface area contributed by atoms with E-state index in [1.54, 1.807) is 11.0 Å². The molecule has 0 amide bonds. The molecule has 2 unspecified atom stereocenters. The van der Waals surface area contributed by atoms with Crippen LogP contribution >= 0.6 is 11.6 Å². The highest BCUT2D eigenvalue weighted by atomic mass is 35.5. The summed E-state index contributed by atoms with van der Waals surface area (Å²) in [6.45, 7) is 6.18. The van der Waals surface area contributed by atoms with E-state index in [1.807, 2.05) is 26.8 Å². The Hall–Kier alpha value is -3.27. The van der Waals surface area contributed by atoms with Crippen molar-refractivity contribution in [2.75, 3.05) is 23.3 Å². The molecule has 0 bridgehead atoms. The van der Waals surface area contributed by atoms with Crippen LogP contribution in [0.2, 0.25) is 5.15 Å². The Morgan fingerprint density at radius 3 is 2.60 bits per heavy atom. The van der Waals surface area contributed by atoms with E-state index in [1.165, 1.54) is 16.7 Å². The number of hydrogen-bond acceptors (Lipinski definition) is 6. The lowest BCUT2D eigenvalue weighted by Crippen LogP contribution is -2.35. The number of alkyl halides is 2. The van der Waals surface area contributed by atoms with Crippen molar-refractivity contribution in [3.63, 3.8) is 0 Å². The SMILES string of the molecule is CCn1c(N2CC3C(C2)C3(F)F)nc2c([C@@H](C)Nc3ccc(Cl)nc3C(=O)O)cc(C)cc2c1=O. The van der Waals surface area contributed by atoms with Crippen molar-refractivity contribution in [3.8, 4) is 0 Å². The van der Waals surface area contributed by atoms with Crippen LogP contribution in [0.1, 0.15) is 41.5 Å². The molecule has 1 saturated heterocycles. The number of carboxylic acid groups (broad SMARTS) is 1. The first kappa shape index (κ1) is 23.5. The predicted octanol–water partition coefficient (Wildman–Crippen LogP) is 4.35. The normalized spacial score (nSPS) is 21.1. The number of aromatic carboxylic acids is 1. The van der Waals surface area contributed by atoms with Gasteiger partial charge in [-0.2, -0.15) is 0 Å². The fraction of sp³-hybridized carbons (Fsp3) is 0.417. The summed E-state index contributed by atoms with van der Waals surface area (Å²) >= 11 is 5.87. The van der Waals surface area contributed by atoms with E-state index in [2.05, 4.69) is 10.3 Å². The standard InChI is InChI=1S/C24H24ClF2N5O3/c1-4-32-21(33)14-8-11(2)7-13(12(3)28-17-5-6-18(25)29-20(17)22(34)35)19(14)30-23(32)31-9-15-16(10-31)24(15,26)27/h5-8,12,15-16,28H,4,9-10H2,1-3H3,(H,34,35)/t12-,15?,16?/m1/s1. The second-order valence-electron chi connectivity index (χ2n) is 9.21. The highest BCUT2D eigenvalue weighted by Crippen LogP contribution is 2.59. The van der Waals surface area contributed by atoms with Crippen molar-refractivity contribution in [1.82, 2.24) is 14.5 Å². The molecule has 3 atom stereocenters. The number of halogens is 3. The number of nitrogens with zero attached hydrogens (tertiary/aromatic N) is 4. The number of pyridine rings is 1. The molecule has 1 aliphatic carbocycles. The molecular formula is C24H24ClF2N5O3. The molecule has 2 aromatic heterocycles. The smallest absolute Gasteiger partial charge is 0.356 e. The Kier molecular flexibility index (Phi) is 5.47. The van der Waals surface area contributed by atoms with Crippen molar-refractivity contribution in [2.45, 2.75) is 39.3 Å². The fourth-order valence-electron chi connectivity index (χ4n) is 5.04. The Morgan fingerprint density at radius 1 is 1.29 bits per heavy atom. The van der Waals surface area contributed by atoms with Gasteiger partial charge >= 0.3 is 5.97 Å². The number of carboxylic acids is 1. The monoisotopic (exact) mass is 503 g/mol. The van der Waals surface area contributed by atoms with Gasteiger partial charge in [-0.1, -0.05) is 17.7 Å². The minimum Gasteiger partial charge on any atom is -0.476 e. The highest BCUT2D eigenvalue weighted by molar-refractivity contribution is 6.29. The number of anilines is 2. The quantitative estimate of drug-likeness (QED) is 0.482. The van der Waals surface area contributed by atoms with Crippen LogP contribution in [0.25, 0.3) is 10.9 Å². The van der Waals surface area contributed by atoms with Gasteiger partial charge in [-0.25, -0.2) is 23.5 Å². The fourth-order valence-corrected chi connectivity index (χ4v) is 5.19. The van der Waals surface area contributed by atoms with E-state index in [0.717, 1.165) is 5.56 Å². The summed E-state index contributed by atoms with van der Waals surface area (Å²) in [7, 11) is 0. The van der Waals surface area contributed by atoms with Crippen molar-refractivity contribution in [1.29, 1.82) is 0 Å². The van der Waals surface area contributed by atoms with Gasteiger partial charge in [0.1, 0.15) is 5.15 Å². The third-order valence-electron chi connectivity index (χ3n) is 6.91. The summed E-state index contributed by atoms with van der Waals surface area (Å²) in [5, 5.41) is 13.2. The zero-order valence-electron chi connectivity index (χ0n) is 19.3. The lowest BCUT2D eigenvalue weighted by molar-refractivity contribution is 0.0691. The second kappa shape index (κ2) is 8.15. The zero-order valence-corrected chi connectivity index (χ0v) is 20.1. The molecule has 2 aliphatic rings. The predicted molar refractivity (Wildman–Crippen MR) is 129 cm³/mol. The van der Waals surface area contributed by atoms with E-state index in [-0.39, 0.29) is 35.2 Å². The molecule has 184 valence electrons. The van der Waals surface area contributed by atoms with Gasteiger partial charge in [0.05, 0.1) is 34.5 Å². The first-order valence-electron chi connectivity index (χ1n) is 11.4. The number of aromatic nitrogens is 3. The van der Waals surface area contributed by atoms with Crippen LogP contribution in [0.15, 0.2) is 29.1 Å². The maximum absolute atomic E-state index is 13.8. The van der Waals surface area contributed by atoms with Gasteiger partial charge in [0, 0.05) is 25.2 Å². The number of benzene rings is 1. The molecule has 35 heavy (non-hydrogen) atoms. The molecule has 0 spiro atoms. The average molecular weight is 504 g/mol. The summed E-state index contributed by atoms with van der Waals surface area (Å²) < 4.78 is 29.1. The van der Waals surface area contributed by atoms with Crippen LogP contribution in [0.4, 0.5) is 20.4 Å². The van der Waals surface area contributed by atoms with Crippen LogP contribution in [-0.2, 0) is 6.54 Å². The molecule has 0 radical (unpaired) electrons. The number of fused-ring (bicyclic) bond motifs is 2. The van der Waals surface area contributed by atoms with Gasteiger partial charge in [0.25, 0.3) is 11.5 Å². The summed E-state index contributed by atoms with van der Waals surface area (Å²) in [4.78, 5) is 35.6. The lowest BCUT2D eigenvalue weighted by atomic mass is 10.0. The molecule has 5 rings (SSSR count). The Balaban J connectivity index is 1.59. The highest BCUT2D eigenvalue weighted by Gasteiger charge is 2.72. The second-order valence-corrected chi connectivity index (χ2v) is 9.59. The van der Waals surface area contributed by atoms with E-state index < -0.39 is 29.8 Å². The topological polar surface area (TPSA) is 100 Å². The van der Waals surface area contributed by atoms with E-state index >= 15 is 0 Å². The van der Waals surface area contributed by atoms with Crippen molar-refractivity contribution in [2.24, 2.45) is 11.8 Å². The Bertz CT molecular complexity index is 1410. The van der Waals surface area contributed by atoms with Gasteiger partial charge in [-0.15, -0.1) is 0 Å². The lowest BCUT2D eigenvalue weighted by Gasteiger charge is -2.25. The van der Waals surface area contributed by atoms with Crippen molar-refractivity contribution in [3.05, 3.63) is 56.6 Å². The molecule has 3 heterocycles. The summed E-state index contributed by atoms with van der Waals surface area (Å²) in [6, 6.07) is 6.21. The molecule has 1 saturated carbocycles. The van der Waals surface area contributed by atoms with Gasteiger partial charge in [-0.05, 0) is 44.5 Å². The molecular weight excluding hydrogens is 480 g/mol. The van der Waals surface area contributed by atoms with Crippen molar-refractivity contribution >= 4 is 40.1 Å². The maximum atomic E-state index is 13.8. The van der Waals surface area contributed by atoms with Crippen LogP contribution in [0.3, 0.4) is 0 Å². The summed E-state index contributed by atoms with van der Waals surface area (Å²) in [5.74, 6) is -4.90. The van der Waals surface area contributed by atoms with E-state index in [0.29, 0.717) is 29.0 Å². The van der Waals surface area contributed by atoms with Gasteiger partial charge < -0.3 is 15.3 Å². The largest absolute Gasteiger partial charge is 0.476 e. The molecule has 1 aliphatic heterocycles. The number of piperidine rings is 1. The van der Waals surface area contributed by atoms with Crippen molar-refractivity contribution < 1.29 is 18.7 Å². The maximum Gasteiger partial charge on any atom is 0.356 e. The minimum absolute atomic E-state index is 0.0577. The third-order valence-corrected chi connectivity index (χ3v) is 7.12. The van der Waals surface area contributed by atoms with Crippen LogP contribution in [-0.4, -0.2) is 44.6 Å². The third kappa shape index (κ3) is 3.80. The Morgan fingerprint density at radius 2 is 1.97 bits per heavy atom. The molecule has 2 fully saturated rings. The molecule has 1 aromatic carbocycles. The van der Waals surface area contributed by atoms with Gasteiger partial charge in [-0.3, -0.25) is 9.36 Å². The minimum atomic E-state index is -2.64. The van der Waals surface area contributed by atoms with Crippen LogP contribution in [0.5, 0.6) is 0 Å². The summed E-state index contributed by atoms with van der Waals surface area (Å²) in [6.07, 6.45) is 0.